The van der Waals surface area contributed by atoms with Crippen LogP contribution in [0, 0.1) is 20.8 Å². The summed E-state index contributed by atoms with van der Waals surface area (Å²) in [5, 5.41) is 2.85. The average Bonchev–Trinajstić information content (AvgIpc) is 3.08. The van der Waals surface area contributed by atoms with E-state index in [4.69, 9.17) is 4.74 Å². The van der Waals surface area contributed by atoms with Crippen molar-refractivity contribution in [2.75, 3.05) is 31.6 Å². The summed E-state index contributed by atoms with van der Waals surface area (Å²) in [6.45, 7) is 7.24. The van der Waals surface area contributed by atoms with Gasteiger partial charge in [0.2, 0.25) is 5.91 Å². The van der Waals surface area contributed by atoms with E-state index in [0.29, 0.717) is 26.3 Å². The highest BCUT2D eigenvalue weighted by Gasteiger charge is 2.28. The minimum Gasteiger partial charge on any atom is -0.379 e. The summed E-state index contributed by atoms with van der Waals surface area (Å²) < 4.78 is 33.2. The average molecular weight is 392 g/mol. The number of hydrogen-bond acceptors (Lipinski definition) is 5. The molecule has 0 aliphatic carbocycles. The maximum Gasteiger partial charge on any atom is 0.262 e. The van der Waals surface area contributed by atoms with E-state index in [-0.39, 0.29) is 17.5 Å². The van der Waals surface area contributed by atoms with Crippen LogP contribution in [-0.2, 0) is 26.1 Å². The Morgan fingerprint density at radius 2 is 1.81 bits per heavy atom. The van der Waals surface area contributed by atoms with Gasteiger partial charge in [-0.25, -0.2) is 13.4 Å². The molecule has 0 saturated carbocycles. The predicted octanol–water partition coefficient (Wildman–Crippen LogP) is 1.47. The van der Waals surface area contributed by atoms with E-state index in [9.17, 15) is 13.2 Å². The Balaban J connectivity index is 1.70. The quantitative estimate of drug-likeness (QED) is 0.832. The van der Waals surface area contributed by atoms with Gasteiger partial charge in [-0.2, -0.15) is 4.31 Å². The fraction of sp³-hybridized carbons (Fsp3) is 0.444. The molecule has 1 amide bonds. The number of sulfonamides is 1. The molecule has 8 nitrogen and oxygen atoms in total. The van der Waals surface area contributed by atoms with Crippen LogP contribution in [-0.4, -0.2) is 54.5 Å². The largest absolute Gasteiger partial charge is 0.379 e. The number of imidazole rings is 1. The van der Waals surface area contributed by atoms with E-state index < -0.39 is 10.0 Å². The first-order valence-electron chi connectivity index (χ1n) is 8.75. The summed E-state index contributed by atoms with van der Waals surface area (Å²) in [5.41, 5.74) is 3.89. The number of nitrogens with one attached hydrogen (secondary N) is 1. The molecule has 1 N–H and O–H groups in total. The van der Waals surface area contributed by atoms with Crippen molar-refractivity contribution < 1.29 is 17.9 Å². The number of anilines is 1. The number of ether oxygens (including phenoxy) is 1. The van der Waals surface area contributed by atoms with E-state index in [0.717, 1.165) is 22.4 Å². The van der Waals surface area contributed by atoms with Crippen molar-refractivity contribution in [3.63, 3.8) is 0 Å². The Bertz CT molecular complexity index is 923. The molecule has 0 unspecified atom stereocenters. The number of carbonyl (C=O) groups excluding carboxylic acids is 1. The number of carbonyl (C=O) groups is 1. The number of amides is 1. The van der Waals surface area contributed by atoms with E-state index in [1.807, 2.05) is 32.9 Å². The number of hydrogen-bond donors (Lipinski definition) is 1. The molecule has 1 aromatic carbocycles. The van der Waals surface area contributed by atoms with E-state index in [2.05, 4.69) is 10.3 Å². The molecule has 1 aliphatic rings. The summed E-state index contributed by atoms with van der Waals surface area (Å²) in [5.74, 6) is -0.238. The van der Waals surface area contributed by atoms with Gasteiger partial charge in [0.15, 0.2) is 5.03 Å². The topological polar surface area (TPSA) is 93.5 Å². The number of morpholine rings is 1. The Kier molecular flexibility index (Phi) is 5.64. The monoisotopic (exact) mass is 392 g/mol. The van der Waals surface area contributed by atoms with Crippen LogP contribution in [0.25, 0.3) is 0 Å². The van der Waals surface area contributed by atoms with Gasteiger partial charge in [-0.3, -0.25) is 4.79 Å². The molecule has 2 heterocycles. The maximum absolute atomic E-state index is 12.6. The molecule has 146 valence electrons. The predicted molar refractivity (Wildman–Crippen MR) is 101 cm³/mol. The molecule has 1 aromatic heterocycles. The Hall–Kier alpha value is -2.23. The van der Waals surface area contributed by atoms with Gasteiger partial charge in [-0.05, 0) is 31.9 Å². The fourth-order valence-corrected chi connectivity index (χ4v) is 4.54. The third-order valence-corrected chi connectivity index (χ3v) is 6.24. The zero-order valence-electron chi connectivity index (χ0n) is 15.7. The Morgan fingerprint density at radius 1 is 1.19 bits per heavy atom. The second-order valence-electron chi connectivity index (χ2n) is 6.72. The summed E-state index contributed by atoms with van der Waals surface area (Å²) in [6, 6.07) is 4.01. The van der Waals surface area contributed by atoms with Gasteiger partial charge in [-0.1, -0.05) is 17.7 Å². The highest BCUT2D eigenvalue weighted by molar-refractivity contribution is 7.89. The van der Waals surface area contributed by atoms with Gasteiger partial charge < -0.3 is 14.6 Å². The molecule has 27 heavy (non-hydrogen) atoms. The normalized spacial score (nSPS) is 15.7. The smallest absolute Gasteiger partial charge is 0.262 e. The zero-order chi connectivity index (χ0) is 19.6. The molecular weight excluding hydrogens is 368 g/mol. The van der Waals surface area contributed by atoms with Gasteiger partial charge in [-0.15, -0.1) is 0 Å². The lowest BCUT2D eigenvalue weighted by molar-refractivity contribution is -0.116. The van der Waals surface area contributed by atoms with E-state index in [1.54, 1.807) is 0 Å². The molecule has 1 saturated heterocycles. The van der Waals surface area contributed by atoms with Gasteiger partial charge in [0.1, 0.15) is 6.54 Å². The molecule has 1 fully saturated rings. The molecule has 9 heteroatoms. The molecule has 3 rings (SSSR count). The summed E-state index contributed by atoms with van der Waals surface area (Å²) >= 11 is 0. The molecule has 0 atom stereocenters. The van der Waals surface area contributed by atoms with Crippen molar-refractivity contribution in [3.8, 4) is 0 Å². The first kappa shape index (κ1) is 19.5. The van der Waals surface area contributed by atoms with Crippen molar-refractivity contribution in [3.05, 3.63) is 41.3 Å². The minimum absolute atomic E-state index is 0.0155. The van der Waals surface area contributed by atoms with Gasteiger partial charge >= 0.3 is 0 Å². The van der Waals surface area contributed by atoms with Crippen molar-refractivity contribution >= 4 is 21.6 Å². The van der Waals surface area contributed by atoms with Gasteiger partial charge in [0, 0.05) is 25.0 Å². The Labute approximate surface area is 159 Å². The molecule has 1 aliphatic heterocycles. The third kappa shape index (κ3) is 4.37. The molecule has 0 radical (unpaired) electrons. The van der Waals surface area contributed by atoms with Crippen LogP contribution in [0.15, 0.2) is 29.7 Å². The first-order valence-corrected chi connectivity index (χ1v) is 10.2. The lowest BCUT2D eigenvalue weighted by Gasteiger charge is -2.24. The van der Waals surface area contributed by atoms with Gasteiger partial charge in [0.05, 0.1) is 19.5 Å². The lowest BCUT2D eigenvalue weighted by atomic mass is 10.1. The molecular formula is C18H24N4O4S. The van der Waals surface area contributed by atoms with Crippen molar-refractivity contribution in [1.29, 1.82) is 0 Å². The molecule has 0 bridgehead atoms. The minimum atomic E-state index is -3.66. The SMILES string of the molecule is Cc1cc(C)c(NC(=O)Cn2cnc(S(=O)(=O)N3CCOCC3)c2)c(C)c1. The van der Waals surface area contributed by atoms with Crippen LogP contribution in [0.4, 0.5) is 5.69 Å². The second-order valence-corrected chi connectivity index (χ2v) is 8.61. The van der Waals surface area contributed by atoms with E-state index in [1.165, 1.54) is 21.4 Å². The van der Waals surface area contributed by atoms with Crippen LogP contribution in [0.1, 0.15) is 16.7 Å². The fourth-order valence-electron chi connectivity index (χ4n) is 3.20. The van der Waals surface area contributed by atoms with Crippen LogP contribution < -0.4 is 5.32 Å². The number of benzene rings is 1. The third-order valence-electron chi connectivity index (χ3n) is 4.45. The van der Waals surface area contributed by atoms with Crippen LogP contribution >= 0.6 is 0 Å². The van der Waals surface area contributed by atoms with Gasteiger partial charge in [0.25, 0.3) is 10.0 Å². The standard InChI is InChI=1S/C18H24N4O4S/c1-13-8-14(2)18(15(3)9-13)20-16(23)10-21-11-17(19-12-21)27(24,25)22-4-6-26-7-5-22/h8-9,11-12H,4-7,10H2,1-3H3,(H,20,23). The summed E-state index contributed by atoms with van der Waals surface area (Å²) in [7, 11) is -3.66. The summed E-state index contributed by atoms with van der Waals surface area (Å²) in [4.78, 5) is 16.4. The second kappa shape index (κ2) is 7.79. The zero-order valence-corrected chi connectivity index (χ0v) is 16.5. The first-order chi connectivity index (χ1) is 12.8. The van der Waals surface area contributed by atoms with Crippen LogP contribution in [0.3, 0.4) is 0 Å². The van der Waals surface area contributed by atoms with Crippen LogP contribution in [0.5, 0.6) is 0 Å². The molecule has 0 spiro atoms. The Morgan fingerprint density at radius 3 is 2.44 bits per heavy atom. The number of nitrogens with zero attached hydrogens (tertiary/aromatic N) is 3. The van der Waals surface area contributed by atoms with Crippen LogP contribution in [0.2, 0.25) is 0 Å². The van der Waals surface area contributed by atoms with Crippen molar-refractivity contribution in [1.82, 2.24) is 13.9 Å². The molecule has 2 aromatic rings. The lowest BCUT2D eigenvalue weighted by Crippen LogP contribution is -2.40. The van der Waals surface area contributed by atoms with Crippen molar-refractivity contribution in [2.45, 2.75) is 32.3 Å². The number of aromatic nitrogens is 2. The summed E-state index contributed by atoms with van der Waals surface area (Å²) in [6.07, 6.45) is 2.75. The number of aryl methyl sites for hydroxylation is 3. The van der Waals surface area contributed by atoms with Crippen molar-refractivity contribution in [2.24, 2.45) is 0 Å². The van der Waals surface area contributed by atoms with E-state index >= 15 is 0 Å². The number of rotatable bonds is 5. The highest BCUT2D eigenvalue weighted by Crippen LogP contribution is 2.22. The highest BCUT2D eigenvalue weighted by atomic mass is 32.2. The maximum atomic E-state index is 12.6.